The Kier molecular flexibility index (Phi) is 5.97. The van der Waals surface area contributed by atoms with Crippen molar-refractivity contribution in [2.75, 3.05) is 44.8 Å². The molecule has 0 unspecified atom stereocenters. The number of nitrogens with one attached hydrogen (secondary N) is 1. The molecule has 0 radical (unpaired) electrons. The van der Waals surface area contributed by atoms with Gasteiger partial charge in [-0.1, -0.05) is 5.16 Å². The number of amides is 2. The van der Waals surface area contributed by atoms with Gasteiger partial charge in [0, 0.05) is 42.1 Å². The van der Waals surface area contributed by atoms with Gasteiger partial charge in [0.25, 0.3) is 11.8 Å². The number of fused-ring (bicyclic) bond motifs is 4. The Hall–Kier alpha value is -2.75. The van der Waals surface area contributed by atoms with Crippen LogP contribution in [0.2, 0.25) is 0 Å². The number of aliphatic hydroxyl groups is 1. The Bertz CT molecular complexity index is 1130. The quantitative estimate of drug-likeness (QED) is 0.151. The van der Waals surface area contributed by atoms with Crippen molar-refractivity contribution in [1.82, 2.24) is 19.6 Å². The summed E-state index contributed by atoms with van der Waals surface area (Å²) in [4.78, 5) is 47.8. The zero-order chi connectivity index (χ0) is 25.0. The first kappa shape index (κ1) is 24.0. The Morgan fingerprint density at radius 3 is 2.63 bits per heavy atom. The van der Waals surface area contributed by atoms with Crippen molar-refractivity contribution in [3.63, 3.8) is 0 Å². The smallest absolute Gasteiger partial charge is 0.278 e. The number of nitrogens with two attached hydrogens (primary N) is 1. The van der Waals surface area contributed by atoms with E-state index in [9.17, 15) is 24.6 Å². The summed E-state index contributed by atoms with van der Waals surface area (Å²) in [6.07, 6.45) is 2.08. The number of anilines is 1. The van der Waals surface area contributed by atoms with Gasteiger partial charge in [-0.3, -0.25) is 14.5 Å². The van der Waals surface area contributed by atoms with Gasteiger partial charge in [-0.2, -0.15) is 9.36 Å². The average Bonchev–Trinajstić information content (AvgIpc) is 3.27. The van der Waals surface area contributed by atoms with Crippen LogP contribution in [0.25, 0.3) is 0 Å². The van der Waals surface area contributed by atoms with Gasteiger partial charge in [-0.25, -0.2) is 0 Å². The normalized spacial score (nSPS) is 32.2. The van der Waals surface area contributed by atoms with Gasteiger partial charge in [0.2, 0.25) is 11.5 Å². The van der Waals surface area contributed by atoms with Crippen LogP contribution in [0.3, 0.4) is 0 Å². The molecule has 1 aromatic heterocycles. The molecule has 4 saturated heterocycles. The number of carbonyl (C=O) groups is 3. The number of β-lactam (4-membered cyclic amide) rings is 1. The molecule has 5 aliphatic heterocycles. The highest BCUT2D eigenvalue weighted by atomic mass is 32.2. The number of carbonyl (C=O) groups excluding carboxylic acids is 3. The molecule has 6 rings (SSSR count). The van der Waals surface area contributed by atoms with E-state index in [-0.39, 0.29) is 22.4 Å². The maximum atomic E-state index is 13.0. The predicted molar refractivity (Wildman–Crippen MR) is 123 cm³/mol. The van der Waals surface area contributed by atoms with Gasteiger partial charge in [0.1, 0.15) is 25.1 Å². The molecule has 0 spiro atoms. The highest BCUT2D eigenvalue weighted by Crippen LogP contribution is 2.43. The lowest BCUT2D eigenvalue weighted by Gasteiger charge is -2.55. The van der Waals surface area contributed by atoms with Crippen LogP contribution in [-0.2, 0) is 19.2 Å². The van der Waals surface area contributed by atoms with Crippen molar-refractivity contribution in [2.24, 2.45) is 5.16 Å². The Morgan fingerprint density at radius 1 is 1.37 bits per heavy atom. The first-order chi connectivity index (χ1) is 16.7. The summed E-state index contributed by atoms with van der Waals surface area (Å²) >= 11 is 2.28. The molecular formula is C20H25N7O6S2. The summed E-state index contributed by atoms with van der Waals surface area (Å²) in [5.74, 6) is -2.32. The second kappa shape index (κ2) is 8.72. The Morgan fingerprint density at radius 2 is 2.06 bits per heavy atom. The second-order valence-corrected chi connectivity index (χ2v) is 11.2. The van der Waals surface area contributed by atoms with E-state index in [0.717, 1.165) is 31.2 Å². The number of nitrogen functional groups attached to an aromatic ring is 1. The zero-order valence-corrected chi connectivity index (χ0v) is 20.6. The molecule has 0 aliphatic carbocycles. The van der Waals surface area contributed by atoms with Crippen LogP contribution >= 0.6 is 23.3 Å². The fourth-order valence-electron chi connectivity index (χ4n) is 5.30. The van der Waals surface area contributed by atoms with E-state index in [1.54, 1.807) is 0 Å². The van der Waals surface area contributed by atoms with Gasteiger partial charge >= 0.3 is 0 Å². The SMILES string of the molecule is CO/N=C(\C(=O)N[C@@H]1C(=O)N2C(C(=O)[O-])=C(C[N+]34CCC(O)(CC3)CC4)CS[C@H]12)c1nsc(N)n1. The third-order valence-corrected chi connectivity index (χ3v) is 9.14. The number of hydrogen-bond acceptors (Lipinski definition) is 12. The third kappa shape index (κ3) is 4.15. The maximum Gasteiger partial charge on any atom is 0.278 e. The van der Waals surface area contributed by atoms with Gasteiger partial charge in [-0.05, 0) is 0 Å². The Labute approximate surface area is 208 Å². The van der Waals surface area contributed by atoms with Crippen LogP contribution < -0.4 is 16.2 Å². The molecule has 13 nitrogen and oxygen atoms in total. The first-order valence-corrected chi connectivity index (χ1v) is 12.9. The average molecular weight is 524 g/mol. The summed E-state index contributed by atoms with van der Waals surface area (Å²) in [6.45, 7) is 2.83. The number of nitrogens with zero attached hydrogens (tertiary/aromatic N) is 5. The number of carboxylic acids is 1. The second-order valence-electron chi connectivity index (χ2n) is 9.32. The minimum atomic E-state index is -1.41. The van der Waals surface area contributed by atoms with E-state index < -0.39 is 34.8 Å². The summed E-state index contributed by atoms with van der Waals surface area (Å²) in [5, 5.41) is 28.4. The number of quaternary nitrogens is 1. The third-order valence-electron chi connectivity index (χ3n) is 7.26. The van der Waals surface area contributed by atoms with Crippen molar-refractivity contribution < 1.29 is 33.9 Å². The van der Waals surface area contributed by atoms with Crippen molar-refractivity contribution in [3.05, 3.63) is 17.1 Å². The molecular weight excluding hydrogens is 498 g/mol. The highest BCUT2D eigenvalue weighted by molar-refractivity contribution is 8.00. The van der Waals surface area contributed by atoms with Gasteiger partial charge in [-0.15, -0.1) is 11.8 Å². The summed E-state index contributed by atoms with van der Waals surface area (Å²) in [6, 6.07) is -0.951. The lowest BCUT2D eigenvalue weighted by atomic mass is 9.81. The molecule has 1 aromatic rings. The number of aliphatic carboxylic acids is 1. The van der Waals surface area contributed by atoms with Crippen LogP contribution in [0, 0.1) is 0 Å². The van der Waals surface area contributed by atoms with Crippen molar-refractivity contribution in [1.29, 1.82) is 0 Å². The summed E-state index contributed by atoms with van der Waals surface area (Å²) in [5.41, 5.74) is 5.29. The zero-order valence-electron chi connectivity index (χ0n) is 18.9. The fraction of sp³-hybridized carbons (Fsp3) is 0.600. The number of aromatic nitrogens is 2. The first-order valence-electron chi connectivity index (χ1n) is 11.1. The van der Waals surface area contributed by atoms with E-state index in [0.29, 0.717) is 41.6 Å². The van der Waals surface area contributed by atoms with Crippen LogP contribution in [0.15, 0.2) is 16.4 Å². The van der Waals surface area contributed by atoms with Crippen molar-refractivity contribution >= 4 is 51.9 Å². The number of thioether (sulfide) groups is 1. The number of hydrogen-bond donors (Lipinski definition) is 3. The fourth-order valence-corrected chi connectivity index (χ4v) is 7.07. The van der Waals surface area contributed by atoms with Gasteiger partial charge in [0.05, 0.1) is 36.9 Å². The van der Waals surface area contributed by atoms with Gasteiger partial charge in [0.15, 0.2) is 5.13 Å². The van der Waals surface area contributed by atoms with E-state index in [4.69, 9.17) is 10.6 Å². The van der Waals surface area contributed by atoms with Crippen LogP contribution in [-0.4, -0.2) is 103 Å². The van der Waals surface area contributed by atoms with Crippen LogP contribution in [0.1, 0.15) is 25.1 Å². The largest absolute Gasteiger partial charge is 0.543 e. The lowest BCUT2D eigenvalue weighted by Crippen LogP contribution is -2.72. The molecule has 4 fully saturated rings. The summed E-state index contributed by atoms with van der Waals surface area (Å²) < 4.78 is 4.66. The number of oxime groups is 1. The van der Waals surface area contributed by atoms with Gasteiger partial charge < -0.3 is 35.4 Å². The molecule has 6 heterocycles. The molecule has 0 saturated carbocycles. The standard InChI is InChI=1S/C20H25N7O6S2/c1-33-24-11(14-23-19(21)35-25-14)15(28)22-12-16(29)26-13(18(30)31)10(9-34-17(12)26)8-27-5-2-20(32,3-6-27)4-7-27/h12,17,32H,2-9H2,1H3,(H3-,21,22,23,25,28,30,31)/b24-11-/t12-,17-,20?,27?/m1/s1. The number of piperidine rings is 3. The molecule has 188 valence electrons. The lowest BCUT2D eigenvalue weighted by molar-refractivity contribution is -0.940. The minimum Gasteiger partial charge on any atom is -0.543 e. The number of rotatable bonds is 7. The highest BCUT2D eigenvalue weighted by Gasteiger charge is 2.55. The minimum absolute atomic E-state index is 0.0340. The molecule has 5 aliphatic rings. The van der Waals surface area contributed by atoms with Crippen molar-refractivity contribution in [3.8, 4) is 0 Å². The molecule has 2 bridgehead atoms. The Balaban J connectivity index is 1.33. The molecule has 4 N–H and O–H groups in total. The van der Waals surface area contributed by atoms with E-state index >= 15 is 0 Å². The van der Waals surface area contributed by atoms with E-state index in [2.05, 4.69) is 19.8 Å². The molecule has 15 heteroatoms. The van der Waals surface area contributed by atoms with Crippen LogP contribution in [0.4, 0.5) is 5.13 Å². The molecule has 35 heavy (non-hydrogen) atoms. The molecule has 0 aromatic carbocycles. The molecule has 2 amide bonds. The topological polar surface area (TPSA) is 183 Å². The molecule has 2 atom stereocenters. The summed E-state index contributed by atoms with van der Waals surface area (Å²) in [7, 11) is 1.26. The van der Waals surface area contributed by atoms with E-state index in [1.165, 1.54) is 23.8 Å². The predicted octanol–water partition coefficient (Wildman–Crippen LogP) is -2.38. The maximum absolute atomic E-state index is 13.0. The van der Waals surface area contributed by atoms with Crippen molar-refractivity contribution in [2.45, 2.75) is 36.3 Å². The monoisotopic (exact) mass is 523 g/mol. The van der Waals surface area contributed by atoms with E-state index in [1.807, 2.05) is 0 Å². The van der Waals surface area contributed by atoms with Crippen LogP contribution in [0.5, 0.6) is 0 Å². The number of carboxylic acid groups (broad SMARTS) is 1.